The number of carbonyl (C=O) groups is 1. The monoisotopic (exact) mass is 388 g/mol. The summed E-state index contributed by atoms with van der Waals surface area (Å²) in [6.07, 6.45) is -3.87. The summed E-state index contributed by atoms with van der Waals surface area (Å²) in [5.74, 6) is 0.0995. The zero-order valence-corrected chi connectivity index (χ0v) is 13.6. The number of ether oxygens (including phenoxy) is 2. The number of hydrogen-bond donors (Lipinski definition) is 0. The maximum absolute atomic E-state index is 13.0. The van der Waals surface area contributed by atoms with Gasteiger partial charge >= 0.3 is 6.18 Å². The number of rotatable bonds is 5. The Morgan fingerprint density at radius 1 is 1.13 bits per heavy atom. The quantitative estimate of drug-likeness (QED) is 0.685. The molecule has 2 rings (SSSR count). The molecule has 0 spiro atoms. The number of halogens is 4. The maximum Gasteiger partial charge on any atom is 0.420 e. The highest BCUT2D eigenvalue weighted by molar-refractivity contribution is 9.10. The van der Waals surface area contributed by atoms with Crippen molar-refractivity contribution in [2.24, 2.45) is 0 Å². The molecule has 0 saturated carbocycles. The third-order valence-corrected chi connectivity index (χ3v) is 3.57. The summed E-state index contributed by atoms with van der Waals surface area (Å²) in [7, 11) is 1.41. The van der Waals surface area contributed by atoms with Crippen LogP contribution in [0.5, 0.6) is 11.5 Å². The summed E-state index contributed by atoms with van der Waals surface area (Å²) in [5, 5.41) is 0. The van der Waals surface area contributed by atoms with Crippen molar-refractivity contribution in [3.63, 3.8) is 0 Å². The summed E-state index contributed by atoms with van der Waals surface area (Å²) in [5.41, 5.74) is 0.0784. The number of carbonyl (C=O) groups excluding carboxylic acids is 1. The summed E-state index contributed by atoms with van der Waals surface area (Å²) >= 11 is 3.01. The molecule has 0 heterocycles. The highest BCUT2D eigenvalue weighted by atomic mass is 79.9. The maximum atomic E-state index is 13.0. The van der Waals surface area contributed by atoms with Gasteiger partial charge in [0.2, 0.25) is 0 Å². The molecule has 0 atom stereocenters. The van der Waals surface area contributed by atoms with E-state index in [0.717, 1.165) is 6.07 Å². The fourth-order valence-corrected chi connectivity index (χ4v) is 2.32. The molecule has 2 aromatic rings. The largest absolute Gasteiger partial charge is 0.496 e. The van der Waals surface area contributed by atoms with E-state index < -0.39 is 11.7 Å². The van der Waals surface area contributed by atoms with Gasteiger partial charge in [0.1, 0.15) is 24.4 Å². The Morgan fingerprint density at radius 2 is 1.87 bits per heavy atom. The molecule has 23 heavy (non-hydrogen) atoms. The smallest absolute Gasteiger partial charge is 0.420 e. The lowest BCUT2D eigenvalue weighted by Gasteiger charge is -2.15. The Bertz CT molecular complexity index is 714. The summed E-state index contributed by atoms with van der Waals surface area (Å²) in [6.45, 7) is -0.118. The predicted molar refractivity (Wildman–Crippen MR) is 81.9 cm³/mol. The lowest BCUT2D eigenvalue weighted by Crippen LogP contribution is -2.09. The van der Waals surface area contributed by atoms with Crippen molar-refractivity contribution in [3.05, 3.63) is 57.6 Å². The third kappa shape index (κ3) is 4.25. The molecule has 7 heteroatoms. The van der Waals surface area contributed by atoms with Gasteiger partial charge in [0.15, 0.2) is 0 Å². The topological polar surface area (TPSA) is 35.5 Å². The molecule has 0 fully saturated rings. The minimum absolute atomic E-state index is 0.118. The van der Waals surface area contributed by atoms with Gasteiger partial charge in [-0.25, -0.2) is 0 Å². The van der Waals surface area contributed by atoms with Crippen LogP contribution in [0.15, 0.2) is 40.9 Å². The summed E-state index contributed by atoms with van der Waals surface area (Å²) in [6, 6.07) is 8.30. The van der Waals surface area contributed by atoms with Gasteiger partial charge in [-0.05, 0) is 24.3 Å². The van der Waals surface area contributed by atoms with Gasteiger partial charge in [-0.15, -0.1) is 0 Å². The number of alkyl halides is 3. The Morgan fingerprint density at radius 3 is 2.48 bits per heavy atom. The number of hydrogen-bond acceptors (Lipinski definition) is 3. The van der Waals surface area contributed by atoms with Crippen molar-refractivity contribution >= 4 is 22.2 Å². The first-order valence-corrected chi connectivity index (χ1v) is 7.26. The van der Waals surface area contributed by atoms with Crippen molar-refractivity contribution in [1.82, 2.24) is 0 Å². The van der Waals surface area contributed by atoms with Crippen LogP contribution in [0, 0.1) is 0 Å². The second kappa shape index (κ2) is 7.04. The molecule has 2 aromatic carbocycles. The van der Waals surface area contributed by atoms with Crippen LogP contribution >= 0.6 is 15.9 Å². The molecular formula is C16H12BrF3O3. The van der Waals surface area contributed by atoms with Crippen molar-refractivity contribution in [2.45, 2.75) is 12.8 Å². The lowest BCUT2D eigenvalue weighted by molar-refractivity contribution is -0.139. The van der Waals surface area contributed by atoms with Crippen LogP contribution in [0.1, 0.15) is 21.5 Å². The minimum Gasteiger partial charge on any atom is -0.496 e. The fraction of sp³-hybridized carbons (Fsp3) is 0.188. The number of benzene rings is 2. The molecule has 0 unspecified atom stereocenters. The Hall–Kier alpha value is -2.02. The Labute approximate surface area is 139 Å². The van der Waals surface area contributed by atoms with Gasteiger partial charge in [0.05, 0.1) is 12.7 Å². The van der Waals surface area contributed by atoms with Gasteiger partial charge in [0, 0.05) is 15.6 Å². The van der Waals surface area contributed by atoms with Crippen molar-refractivity contribution in [1.29, 1.82) is 0 Å². The molecule has 0 aliphatic carbocycles. The molecule has 0 aliphatic heterocycles. The molecule has 0 bridgehead atoms. The van der Waals surface area contributed by atoms with Gasteiger partial charge in [-0.2, -0.15) is 13.2 Å². The number of methoxy groups -OCH3 is 1. The molecule has 0 saturated heterocycles. The van der Waals surface area contributed by atoms with E-state index in [4.69, 9.17) is 9.47 Å². The fourth-order valence-electron chi connectivity index (χ4n) is 1.96. The van der Waals surface area contributed by atoms with Gasteiger partial charge in [0.25, 0.3) is 0 Å². The Kier molecular flexibility index (Phi) is 5.30. The first kappa shape index (κ1) is 17.3. The number of aldehydes is 1. The van der Waals surface area contributed by atoms with Crippen LogP contribution in [0.25, 0.3) is 0 Å². The van der Waals surface area contributed by atoms with E-state index in [1.54, 1.807) is 12.1 Å². The van der Waals surface area contributed by atoms with E-state index in [0.29, 0.717) is 27.6 Å². The van der Waals surface area contributed by atoms with Crippen molar-refractivity contribution in [2.75, 3.05) is 7.11 Å². The standard InChI is InChI=1S/C16H12BrF3O3/c1-22-15-6-10(8-21)2-3-11(15)9-23-14-5-4-12(17)7-13(14)16(18,19)20/h2-8H,9H2,1H3. The molecule has 0 radical (unpaired) electrons. The molecule has 0 aliphatic rings. The molecule has 3 nitrogen and oxygen atoms in total. The predicted octanol–water partition coefficient (Wildman–Crippen LogP) is 4.87. The van der Waals surface area contributed by atoms with Gasteiger partial charge < -0.3 is 9.47 Å². The Balaban J connectivity index is 2.26. The molecule has 0 N–H and O–H groups in total. The first-order valence-electron chi connectivity index (χ1n) is 6.47. The second-order valence-corrected chi connectivity index (χ2v) is 5.53. The summed E-state index contributed by atoms with van der Waals surface area (Å²) in [4.78, 5) is 10.7. The average Bonchev–Trinajstić information content (AvgIpc) is 2.52. The highest BCUT2D eigenvalue weighted by Gasteiger charge is 2.34. The van der Waals surface area contributed by atoms with Crippen LogP contribution < -0.4 is 9.47 Å². The van der Waals surface area contributed by atoms with E-state index >= 15 is 0 Å². The van der Waals surface area contributed by atoms with E-state index in [2.05, 4.69) is 15.9 Å². The van der Waals surface area contributed by atoms with E-state index in [1.165, 1.54) is 25.3 Å². The van der Waals surface area contributed by atoms with Crippen LogP contribution in [0.3, 0.4) is 0 Å². The normalized spacial score (nSPS) is 11.2. The molecule has 0 aromatic heterocycles. The van der Waals surface area contributed by atoms with Crippen LogP contribution in [-0.4, -0.2) is 13.4 Å². The average molecular weight is 389 g/mol. The van der Waals surface area contributed by atoms with Crippen LogP contribution in [0.2, 0.25) is 0 Å². The van der Waals surface area contributed by atoms with E-state index in [9.17, 15) is 18.0 Å². The van der Waals surface area contributed by atoms with Gasteiger partial charge in [-0.1, -0.05) is 28.1 Å². The molecule has 122 valence electrons. The van der Waals surface area contributed by atoms with Crippen molar-refractivity contribution in [3.8, 4) is 11.5 Å². The zero-order valence-electron chi connectivity index (χ0n) is 12.0. The molecular weight excluding hydrogens is 377 g/mol. The molecule has 0 amide bonds. The van der Waals surface area contributed by atoms with Crippen molar-refractivity contribution < 1.29 is 27.4 Å². The van der Waals surface area contributed by atoms with Crippen LogP contribution in [-0.2, 0) is 12.8 Å². The van der Waals surface area contributed by atoms with E-state index in [-0.39, 0.29) is 12.4 Å². The lowest BCUT2D eigenvalue weighted by atomic mass is 10.1. The van der Waals surface area contributed by atoms with Crippen LogP contribution in [0.4, 0.5) is 13.2 Å². The van der Waals surface area contributed by atoms with Gasteiger partial charge in [-0.3, -0.25) is 4.79 Å². The highest BCUT2D eigenvalue weighted by Crippen LogP contribution is 2.38. The summed E-state index contributed by atoms with van der Waals surface area (Å²) < 4.78 is 49.8. The zero-order chi connectivity index (χ0) is 17.0. The second-order valence-electron chi connectivity index (χ2n) is 4.62. The third-order valence-electron chi connectivity index (χ3n) is 3.08. The SMILES string of the molecule is COc1cc(C=O)ccc1COc1ccc(Br)cc1C(F)(F)F. The van der Waals surface area contributed by atoms with E-state index in [1.807, 2.05) is 0 Å². The minimum atomic E-state index is -4.52. The first-order chi connectivity index (χ1) is 10.8.